The van der Waals surface area contributed by atoms with Crippen LogP contribution in [0.4, 0.5) is 5.69 Å². The zero-order valence-electron chi connectivity index (χ0n) is 13.8. The Hall–Kier alpha value is -1.51. The van der Waals surface area contributed by atoms with Crippen LogP contribution in [-0.2, 0) is 0 Å². The Kier molecular flexibility index (Phi) is 4.92. The number of benzene rings is 1. The molecule has 1 aromatic carbocycles. The van der Waals surface area contributed by atoms with E-state index in [1.807, 2.05) is 32.0 Å². The molecule has 21 heavy (non-hydrogen) atoms. The summed E-state index contributed by atoms with van der Waals surface area (Å²) in [5, 5.41) is 6.55. The van der Waals surface area contributed by atoms with E-state index in [0.29, 0.717) is 0 Å². The molecule has 116 valence electrons. The summed E-state index contributed by atoms with van der Waals surface area (Å²) < 4.78 is 0. The zero-order chi connectivity index (χ0) is 15.5. The molecule has 1 aliphatic carbocycles. The molecule has 3 heteroatoms. The van der Waals surface area contributed by atoms with Crippen molar-refractivity contribution in [1.82, 2.24) is 5.32 Å². The van der Waals surface area contributed by atoms with Crippen molar-refractivity contribution in [2.45, 2.75) is 59.4 Å². The molecular weight excluding hydrogens is 260 g/mol. The van der Waals surface area contributed by atoms with E-state index < -0.39 is 0 Å². The highest BCUT2D eigenvalue weighted by Crippen LogP contribution is 2.35. The van der Waals surface area contributed by atoms with E-state index in [1.165, 1.54) is 19.3 Å². The average molecular weight is 288 g/mol. The topological polar surface area (TPSA) is 41.1 Å². The molecule has 1 atom stereocenters. The van der Waals surface area contributed by atoms with Crippen LogP contribution >= 0.6 is 0 Å². The van der Waals surface area contributed by atoms with Gasteiger partial charge >= 0.3 is 0 Å². The molecule has 0 radical (unpaired) electrons. The maximum atomic E-state index is 12.7. The maximum absolute atomic E-state index is 12.7. The van der Waals surface area contributed by atoms with E-state index in [2.05, 4.69) is 24.5 Å². The van der Waals surface area contributed by atoms with Gasteiger partial charge in [0.15, 0.2) is 0 Å². The molecule has 1 fully saturated rings. The molecule has 0 saturated heterocycles. The van der Waals surface area contributed by atoms with Crippen LogP contribution in [0.25, 0.3) is 0 Å². The molecule has 1 aromatic rings. The van der Waals surface area contributed by atoms with Crippen LogP contribution in [0.5, 0.6) is 0 Å². The minimum atomic E-state index is 0.0506. The molecular formula is C18H28N2O. The largest absolute Gasteiger partial charge is 0.385 e. The van der Waals surface area contributed by atoms with Crippen LogP contribution < -0.4 is 10.6 Å². The molecule has 1 amide bonds. The van der Waals surface area contributed by atoms with E-state index in [1.54, 1.807) is 0 Å². The number of hydrogen-bond donors (Lipinski definition) is 2. The highest BCUT2D eigenvalue weighted by Gasteiger charge is 2.33. The Morgan fingerprint density at radius 3 is 2.76 bits per heavy atom. The second-order valence-electron chi connectivity index (χ2n) is 6.84. The number of aryl methyl sites for hydroxylation is 1. The van der Waals surface area contributed by atoms with Crippen molar-refractivity contribution < 1.29 is 4.79 Å². The Bertz CT molecular complexity index is 508. The first-order chi connectivity index (χ1) is 9.94. The number of carbonyl (C=O) groups is 1. The third kappa shape index (κ3) is 3.78. The summed E-state index contributed by atoms with van der Waals surface area (Å²) in [7, 11) is 0. The van der Waals surface area contributed by atoms with Gasteiger partial charge in [0.2, 0.25) is 0 Å². The number of carbonyl (C=O) groups excluding carboxylic acids is 1. The fraction of sp³-hybridized carbons (Fsp3) is 0.611. The number of nitrogens with one attached hydrogen (secondary N) is 2. The first kappa shape index (κ1) is 15.9. The van der Waals surface area contributed by atoms with E-state index >= 15 is 0 Å². The molecule has 2 rings (SSSR count). The van der Waals surface area contributed by atoms with Gasteiger partial charge in [0.05, 0.1) is 5.56 Å². The van der Waals surface area contributed by atoms with Crippen molar-refractivity contribution in [2.24, 2.45) is 5.41 Å². The summed E-state index contributed by atoms with van der Waals surface area (Å²) in [6.07, 6.45) is 4.75. The lowest BCUT2D eigenvalue weighted by Gasteiger charge is -2.39. The molecule has 1 saturated carbocycles. The molecule has 0 spiro atoms. The highest BCUT2D eigenvalue weighted by molar-refractivity contribution is 6.00. The fourth-order valence-corrected chi connectivity index (χ4v) is 3.19. The van der Waals surface area contributed by atoms with Gasteiger partial charge in [0.25, 0.3) is 5.91 Å². The van der Waals surface area contributed by atoms with Gasteiger partial charge in [-0.15, -0.1) is 0 Å². The average Bonchev–Trinajstić information content (AvgIpc) is 2.43. The quantitative estimate of drug-likeness (QED) is 0.875. The predicted molar refractivity (Wildman–Crippen MR) is 88.8 cm³/mol. The predicted octanol–water partition coefficient (Wildman–Crippen LogP) is 4.13. The summed E-state index contributed by atoms with van der Waals surface area (Å²) >= 11 is 0. The van der Waals surface area contributed by atoms with Gasteiger partial charge in [-0.05, 0) is 44.2 Å². The lowest BCUT2D eigenvalue weighted by atomic mass is 9.73. The second-order valence-corrected chi connectivity index (χ2v) is 6.84. The third-order valence-electron chi connectivity index (χ3n) is 4.60. The van der Waals surface area contributed by atoms with Gasteiger partial charge in [0.1, 0.15) is 0 Å². The number of rotatable bonds is 4. The van der Waals surface area contributed by atoms with E-state index in [0.717, 1.165) is 29.8 Å². The Balaban J connectivity index is 2.18. The van der Waals surface area contributed by atoms with Crippen LogP contribution in [0.15, 0.2) is 18.2 Å². The van der Waals surface area contributed by atoms with Crippen molar-refractivity contribution in [3.63, 3.8) is 0 Å². The third-order valence-corrected chi connectivity index (χ3v) is 4.60. The summed E-state index contributed by atoms with van der Waals surface area (Å²) in [5.41, 5.74) is 2.99. The smallest absolute Gasteiger partial charge is 0.253 e. The van der Waals surface area contributed by atoms with Crippen molar-refractivity contribution in [3.8, 4) is 0 Å². The lowest BCUT2D eigenvalue weighted by Crippen LogP contribution is -2.46. The van der Waals surface area contributed by atoms with Crippen molar-refractivity contribution >= 4 is 11.6 Å². The van der Waals surface area contributed by atoms with Gasteiger partial charge in [-0.3, -0.25) is 4.79 Å². The van der Waals surface area contributed by atoms with Crippen molar-refractivity contribution in [1.29, 1.82) is 0 Å². The fourth-order valence-electron chi connectivity index (χ4n) is 3.19. The van der Waals surface area contributed by atoms with Gasteiger partial charge in [-0.1, -0.05) is 38.3 Å². The zero-order valence-corrected chi connectivity index (χ0v) is 13.8. The van der Waals surface area contributed by atoms with Crippen molar-refractivity contribution in [2.75, 3.05) is 11.9 Å². The molecule has 3 nitrogen and oxygen atoms in total. The highest BCUT2D eigenvalue weighted by atomic mass is 16.1. The first-order valence-corrected chi connectivity index (χ1v) is 8.09. The molecule has 0 aromatic heterocycles. The van der Waals surface area contributed by atoms with Crippen LogP contribution in [0.1, 0.15) is 62.4 Å². The standard InChI is InChI=1S/C18H28N2O/c1-5-19-15-10-9-13(2)12-14(15)17(21)20-16-8-6-7-11-18(16,3)4/h9-10,12,16,19H,5-8,11H2,1-4H3,(H,20,21). The normalized spacial score (nSPS) is 20.9. The lowest BCUT2D eigenvalue weighted by molar-refractivity contribution is 0.0854. The number of amides is 1. The Morgan fingerprint density at radius 1 is 1.33 bits per heavy atom. The Morgan fingerprint density at radius 2 is 2.10 bits per heavy atom. The van der Waals surface area contributed by atoms with Crippen LogP contribution in [0.3, 0.4) is 0 Å². The minimum Gasteiger partial charge on any atom is -0.385 e. The SMILES string of the molecule is CCNc1ccc(C)cc1C(=O)NC1CCCCC1(C)C. The van der Waals surface area contributed by atoms with E-state index in [-0.39, 0.29) is 17.4 Å². The second kappa shape index (κ2) is 6.50. The molecule has 1 aliphatic rings. The molecule has 0 aliphatic heterocycles. The number of hydrogen-bond acceptors (Lipinski definition) is 2. The summed E-state index contributed by atoms with van der Waals surface area (Å²) in [5.74, 6) is 0.0506. The van der Waals surface area contributed by atoms with Gasteiger partial charge < -0.3 is 10.6 Å². The summed E-state index contributed by atoms with van der Waals surface area (Å²) in [6.45, 7) is 9.41. The Labute approximate surface area is 128 Å². The molecule has 1 unspecified atom stereocenters. The minimum absolute atomic E-state index is 0.0506. The van der Waals surface area contributed by atoms with Crippen LogP contribution in [0.2, 0.25) is 0 Å². The van der Waals surface area contributed by atoms with E-state index in [4.69, 9.17) is 0 Å². The molecule has 0 bridgehead atoms. The van der Waals surface area contributed by atoms with E-state index in [9.17, 15) is 4.79 Å². The van der Waals surface area contributed by atoms with Gasteiger partial charge in [-0.2, -0.15) is 0 Å². The summed E-state index contributed by atoms with van der Waals surface area (Å²) in [6, 6.07) is 6.29. The summed E-state index contributed by atoms with van der Waals surface area (Å²) in [4.78, 5) is 12.7. The van der Waals surface area contributed by atoms with Crippen LogP contribution in [0, 0.1) is 12.3 Å². The molecule has 2 N–H and O–H groups in total. The van der Waals surface area contributed by atoms with Gasteiger partial charge in [0, 0.05) is 18.3 Å². The van der Waals surface area contributed by atoms with Crippen LogP contribution in [-0.4, -0.2) is 18.5 Å². The maximum Gasteiger partial charge on any atom is 0.253 e. The van der Waals surface area contributed by atoms with Gasteiger partial charge in [-0.25, -0.2) is 0 Å². The number of anilines is 1. The van der Waals surface area contributed by atoms with Crippen molar-refractivity contribution in [3.05, 3.63) is 29.3 Å². The monoisotopic (exact) mass is 288 g/mol. The molecule has 0 heterocycles. The first-order valence-electron chi connectivity index (χ1n) is 8.09.